The quantitative estimate of drug-likeness (QED) is 0.804. The fourth-order valence-electron chi connectivity index (χ4n) is 1.08. The molecule has 0 spiro atoms. The standard InChI is InChI=1S/C8H4Br2ClN3O2S2/c9-5-3-4(6(10)17-5)18(15,16)14-8-7(11)12-1-2-13-8/h1-3H,(H,13,14). The summed E-state index contributed by atoms with van der Waals surface area (Å²) in [4.78, 5) is 7.67. The van der Waals surface area contributed by atoms with Crippen LogP contribution in [-0.2, 0) is 10.0 Å². The summed E-state index contributed by atoms with van der Waals surface area (Å²) in [5.74, 6) is -0.00612. The number of nitrogens with one attached hydrogen (secondary N) is 1. The average Bonchev–Trinajstić information content (AvgIpc) is 2.62. The van der Waals surface area contributed by atoms with E-state index in [4.69, 9.17) is 11.6 Å². The van der Waals surface area contributed by atoms with Gasteiger partial charge in [-0.1, -0.05) is 11.6 Å². The number of hydrogen-bond acceptors (Lipinski definition) is 5. The minimum Gasteiger partial charge on any atom is -0.261 e. The average molecular weight is 434 g/mol. The Hall–Kier alpha value is -0.220. The van der Waals surface area contributed by atoms with Gasteiger partial charge in [-0.2, -0.15) is 0 Å². The van der Waals surface area contributed by atoms with E-state index >= 15 is 0 Å². The third kappa shape index (κ3) is 3.02. The molecule has 2 aromatic heterocycles. The summed E-state index contributed by atoms with van der Waals surface area (Å²) >= 11 is 13.4. The Morgan fingerprint density at radius 1 is 1.28 bits per heavy atom. The number of aromatic nitrogens is 2. The molecule has 10 heteroatoms. The van der Waals surface area contributed by atoms with Gasteiger partial charge in [0.2, 0.25) is 0 Å². The minimum atomic E-state index is -3.75. The summed E-state index contributed by atoms with van der Waals surface area (Å²) in [6.45, 7) is 0. The molecule has 0 bridgehead atoms. The molecule has 2 heterocycles. The molecule has 0 amide bonds. The molecule has 0 aliphatic carbocycles. The number of halogens is 3. The number of nitrogens with zero attached hydrogens (tertiary/aromatic N) is 2. The van der Waals surface area contributed by atoms with E-state index in [9.17, 15) is 8.42 Å². The lowest BCUT2D eigenvalue weighted by Gasteiger charge is -2.06. The van der Waals surface area contributed by atoms with Crippen LogP contribution < -0.4 is 4.72 Å². The van der Waals surface area contributed by atoms with Gasteiger partial charge in [0.25, 0.3) is 10.0 Å². The van der Waals surface area contributed by atoms with E-state index in [1.807, 2.05) is 0 Å². The zero-order valence-electron chi connectivity index (χ0n) is 8.39. The molecule has 0 saturated carbocycles. The predicted molar refractivity (Wildman–Crippen MR) is 77.6 cm³/mol. The van der Waals surface area contributed by atoms with Crippen molar-refractivity contribution < 1.29 is 8.42 Å². The third-order valence-electron chi connectivity index (χ3n) is 1.80. The molecule has 0 fully saturated rings. The number of rotatable bonds is 3. The Balaban J connectivity index is 2.40. The van der Waals surface area contributed by atoms with Crippen LogP contribution in [0.2, 0.25) is 5.15 Å². The van der Waals surface area contributed by atoms with Crippen LogP contribution in [-0.4, -0.2) is 18.4 Å². The van der Waals surface area contributed by atoms with Gasteiger partial charge in [-0.15, -0.1) is 11.3 Å². The van der Waals surface area contributed by atoms with Gasteiger partial charge < -0.3 is 0 Å². The van der Waals surface area contributed by atoms with Gasteiger partial charge in [0.05, 0.1) is 7.57 Å². The highest BCUT2D eigenvalue weighted by atomic mass is 79.9. The van der Waals surface area contributed by atoms with Crippen LogP contribution in [0.25, 0.3) is 0 Å². The number of hydrogen-bond donors (Lipinski definition) is 1. The molecular weight excluding hydrogens is 430 g/mol. The van der Waals surface area contributed by atoms with Crippen LogP contribution in [0.1, 0.15) is 0 Å². The summed E-state index contributed by atoms with van der Waals surface area (Å²) in [5.41, 5.74) is 0. The Kier molecular flexibility index (Phi) is 4.27. The smallest absolute Gasteiger partial charge is 0.261 e. The first-order chi connectivity index (χ1) is 8.40. The second-order valence-electron chi connectivity index (χ2n) is 2.99. The maximum atomic E-state index is 12.1. The number of thiophene rings is 1. The molecule has 0 aliphatic heterocycles. The normalized spacial score (nSPS) is 11.5. The van der Waals surface area contributed by atoms with Gasteiger partial charge in [-0.05, 0) is 37.9 Å². The molecule has 96 valence electrons. The van der Waals surface area contributed by atoms with Crippen molar-refractivity contribution >= 4 is 70.6 Å². The topological polar surface area (TPSA) is 72.0 Å². The fourth-order valence-corrected chi connectivity index (χ4v) is 6.12. The Bertz CT molecular complexity index is 689. The van der Waals surface area contributed by atoms with E-state index in [2.05, 4.69) is 46.5 Å². The summed E-state index contributed by atoms with van der Waals surface area (Å²) in [5, 5.41) is -0.00788. The molecule has 0 aliphatic rings. The highest BCUT2D eigenvalue weighted by Crippen LogP contribution is 2.35. The lowest BCUT2D eigenvalue weighted by molar-refractivity contribution is 0.601. The van der Waals surface area contributed by atoms with Crippen molar-refractivity contribution in [3.05, 3.63) is 31.2 Å². The zero-order chi connectivity index (χ0) is 13.3. The molecule has 5 nitrogen and oxygen atoms in total. The van der Waals surface area contributed by atoms with E-state index in [0.29, 0.717) is 7.57 Å². The van der Waals surface area contributed by atoms with Crippen molar-refractivity contribution in [1.82, 2.24) is 9.97 Å². The van der Waals surface area contributed by atoms with E-state index in [1.165, 1.54) is 29.8 Å². The lowest BCUT2D eigenvalue weighted by Crippen LogP contribution is -2.14. The second kappa shape index (κ2) is 5.41. The van der Waals surface area contributed by atoms with E-state index in [1.54, 1.807) is 0 Å². The Morgan fingerprint density at radius 3 is 2.50 bits per heavy atom. The Morgan fingerprint density at radius 2 is 1.94 bits per heavy atom. The molecule has 2 aromatic rings. The third-order valence-corrected chi connectivity index (χ3v) is 6.17. The van der Waals surface area contributed by atoms with Gasteiger partial charge in [-0.3, -0.25) is 4.72 Å². The van der Waals surface area contributed by atoms with E-state index < -0.39 is 10.0 Å². The monoisotopic (exact) mass is 431 g/mol. The first-order valence-electron chi connectivity index (χ1n) is 4.34. The van der Waals surface area contributed by atoms with Gasteiger partial charge in [0.15, 0.2) is 11.0 Å². The van der Waals surface area contributed by atoms with E-state index in [0.717, 1.165) is 0 Å². The maximum absolute atomic E-state index is 12.1. The van der Waals surface area contributed by atoms with Crippen molar-refractivity contribution in [3.8, 4) is 0 Å². The SMILES string of the molecule is O=S(=O)(Nc1nccnc1Cl)c1cc(Br)sc1Br. The molecule has 0 unspecified atom stereocenters. The molecule has 0 aromatic carbocycles. The molecule has 0 atom stereocenters. The van der Waals surface area contributed by atoms with Crippen LogP contribution >= 0.6 is 54.8 Å². The van der Waals surface area contributed by atoms with Crippen LogP contribution in [0.5, 0.6) is 0 Å². The van der Waals surface area contributed by atoms with Gasteiger partial charge >= 0.3 is 0 Å². The zero-order valence-corrected chi connectivity index (χ0v) is 14.0. The van der Waals surface area contributed by atoms with Gasteiger partial charge in [0.1, 0.15) is 4.90 Å². The van der Waals surface area contributed by atoms with Crippen LogP contribution in [0, 0.1) is 0 Å². The van der Waals surface area contributed by atoms with Crippen LogP contribution in [0.15, 0.2) is 30.9 Å². The van der Waals surface area contributed by atoms with Crippen molar-refractivity contribution in [2.45, 2.75) is 4.90 Å². The summed E-state index contributed by atoms with van der Waals surface area (Å²) < 4.78 is 27.7. The number of sulfonamides is 1. The molecule has 1 N–H and O–H groups in total. The number of anilines is 1. The molecule has 18 heavy (non-hydrogen) atoms. The first-order valence-corrected chi connectivity index (χ1v) is 8.60. The van der Waals surface area contributed by atoms with Crippen LogP contribution in [0.3, 0.4) is 0 Å². The first kappa shape index (κ1) is 14.2. The fraction of sp³-hybridized carbons (Fsp3) is 0. The maximum Gasteiger partial charge on any atom is 0.265 e. The molecule has 2 rings (SSSR count). The summed E-state index contributed by atoms with van der Waals surface area (Å²) in [6.07, 6.45) is 2.72. The molecule has 0 radical (unpaired) electrons. The summed E-state index contributed by atoms with van der Waals surface area (Å²) in [6, 6.07) is 1.49. The molecular formula is C8H4Br2ClN3O2S2. The van der Waals surface area contributed by atoms with E-state index in [-0.39, 0.29) is 15.9 Å². The second-order valence-corrected chi connectivity index (χ2v) is 8.75. The summed E-state index contributed by atoms with van der Waals surface area (Å²) in [7, 11) is -3.75. The van der Waals surface area contributed by atoms with Crippen molar-refractivity contribution in [2.24, 2.45) is 0 Å². The highest BCUT2D eigenvalue weighted by molar-refractivity contribution is 9.12. The largest absolute Gasteiger partial charge is 0.265 e. The lowest BCUT2D eigenvalue weighted by atomic mass is 10.7. The highest BCUT2D eigenvalue weighted by Gasteiger charge is 2.22. The van der Waals surface area contributed by atoms with Crippen molar-refractivity contribution in [1.29, 1.82) is 0 Å². The Labute approximate surface area is 129 Å². The predicted octanol–water partition coefficient (Wildman–Crippen LogP) is 3.52. The van der Waals surface area contributed by atoms with Crippen LogP contribution in [0.4, 0.5) is 5.82 Å². The van der Waals surface area contributed by atoms with Gasteiger partial charge in [0, 0.05) is 12.4 Å². The van der Waals surface area contributed by atoms with Crippen molar-refractivity contribution in [3.63, 3.8) is 0 Å². The molecule has 0 saturated heterocycles. The van der Waals surface area contributed by atoms with Crippen molar-refractivity contribution in [2.75, 3.05) is 4.72 Å². The van der Waals surface area contributed by atoms with Gasteiger partial charge in [-0.25, -0.2) is 18.4 Å². The minimum absolute atomic E-state index is 0.00612.